The Balaban J connectivity index is 2.05. The topological polar surface area (TPSA) is 60.2 Å². The van der Waals surface area contributed by atoms with Crippen molar-refractivity contribution in [2.45, 2.75) is 44.5 Å². The second kappa shape index (κ2) is 6.72. The molecule has 0 radical (unpaired) electrons. The summed E-state index contributed by atoms with van der Waals surface area (Å²) in [6.07, 6.45) is 0.506. The molecule has 1 aliphatic carbocycles. The van der Waals surface area contributed by atoms with Crippen molar-refractivity contribution in [3.05, 3.63) is 29.6 Å². The number of nitrogens with zero attached hydrogens (tertiary/aromatic N) is 1. The molecule has 118 valence electrons. The number of ether oxygens (including phenoxy) is 1. The first-order valence-electron chi connectivity index (χ1n) is 7.04. The summed E-state index contributed by atoms with van der Waals surface area (Å²) in [7, 11) is 0. The minimum absolute atomic E-state index is 0.104. The number of hydrogen-bond acceptors (Lipinski definition) is 4. The molecule has 7 heteroatoms. The predicted octanol–water partition coefficient (Wildman–Crippen LogP) is 2.81. The SMILES string of the molecule is CCOC1CC(CC(NN)c2cnccc2C(F)(F)F)C1. The molecule has 1 unspecified atom stereocenters. The van der Waals surface area contributed by atoms with Crippen LogP contribution in [-0.2, 0) is 10.9 Å². The minimum Gasteiger partial charge on any atom is -0.378 e. The van der Waals surface area contributed by atoms with Gasteiger partial charge in [-0.15, -0.1) is 0 Å². The number of rotatable bonds is 6. The molecule has 1 atom stereocenters. The zero-order valence-corrected chi connectivity index (χ0v) is 11.9. The van der Waals surface area contributed by atoms with Crippen LogP contribution in [0.25, 0.3) is 0 Å². The van der Waals surface area contributed by atoms with Gasteiger partial charge in [-0.25, -0.2) is 0 Å². The van der Waals surface area contributed by atoms with Gasteiger partial charge in [-0.3, -0.25) is 16.3 Å². The Hall–Kier alpha value is -1.18. The van der Waals surface area contributed by atoms with Gasteiger partial charge in [0.2, 0.25) is 0 Å². The molecule has 2 rings (SSSR count). The van der Waals surface area contributed by atoms with Crippen molar-refractivity contribution in [2.24, 2.45) is 11.8 Å². The smallest absolute Gasteiger partial charge is 0.378 e. The van der Waals surface area contributed by atoms with Crippen molar-refractivity contribution in [1.29, 1.82) is 0 Å². The van der Waals surface area contributed by atoms with Crippen LogP contribution in [0.15, 0.2) is 18.5 Å². The Morgan fingerprint density at radius 3 is 2.76 bits per heavy atom. The number of nitrogens with one attached hydrogen (secondary N) is 1. The Morgan fingerprint density at radius 2 is 2.19 bits per heavy atom. The molecular formula is C14H20F3N3O. The lowest BCUT2D eigenvalue weighted by Gasteiger charge is -2.37. The largest absolute Gasteiger partial charge is 0.416 e. The zero-order chi connectivity index (χ0) is 15.5. The van der Waals surface area contributed by atoms with E-state index in [2.05, 4.69) is 10.4 Å². The van der Waals surface area contributed by atoms with E-state index in [0.29, 0.717) is 18.9 Å². The third-order valence-corrected chi connectivity index (χ3v) is 3.90. The number of halogens is 3. The molecule has 0 saturated heterocycles. The maximum Gasteiger partial charge on any atom is 0.416 e. The lowest BCUT2D eigenvalue weighted by atomic mass is 9.77. The fourth-order valence-electron chi connectivity index (χ4n) is 2.80. The summed E-state index contributed by atoms with van der Waals surface area (Å²) in [5, 5.41) is 0. The van der Waals surface area contributed by atoms with Crippen LogP contribution in [0.1, 0.15) is 43.4 Å². The van der Waals surface area contributed by atoms with Crippen molar-refractivity contribution in [3.8, 4) is 0 Å². The quantitative estimate of drug-likeness (QED) is 0.627. The third kappa shape index (κ3) is 3.93. The van der Waals surface area contributed by atoms with E-state index in [0.717, 1.165) is 25.1 Å². The average Bonchev–Trinajstić information content (AvgIpc) is 2.40. The number of hydrogen-bond donors (Lipinski definition) is 2. The molecule has 0 aliphatic heterocycles. The molecule has 1 aromatic rings. The number of aromatic nitrogens is 1. The van der Waals surface area contributed by atoms with Gasteiger partial charge in [0.05, 0.1) is 11.7 Å². The highest BCUT2D eigenvalue weighted by atomic mass is 19.4. The van der Waals surface area contributed by atoms with Gasteiger partial charge in [-0.1, -0.05) is 0 Å². The molecule has 0 bridgehead atoms. The molecule has 1 aromatic heterocycles. The summed E-state index contributed by atoms with van der Waals surface area (Å²) in [4.78, 5) is 3.80. The average molecular weight is 303 g/mol. The summed E-state index contributed by atoms with van der Waals surface area (Å²) in [5.74, 6) is 5.78. The van der Waals surface area contributed by atoms with E-state index in [-0.39, 0.29) is 11.7 Å². The van der Waals surface area contributed by atoms with Crippen LogP contribution in [0.3, 0.4) is 0 Å². The first-order valence-corrected chi connectivity index (χ1v) is 7.04. The van der Waals surface area contributed by atoms with E-state index in [9.17, 15) is 13.2 Å². The van der Waals surface area contributed by atoms with Crippen LogP contribution < -0.4 is 11.3 Å². The lowest BCUT2D eigenvalue weighted by molar-refractivity contribution is -0.138. The standard InChI is InChI=1S/C14H20F3N3O/c1-2-21-10-5-9(6-10)7-13(20-18)11-8-19-4-3-12(11)14(15,16)17/h3-4,8-10,13,20H,2,5-7,18H2,1H3. The Bertz CT molecular complexity index is 461. The van der Waals surface area contributed by atoms with Crippen molar-refractivity contribution >= 4 is 0 Å². The van der Waals surface area contributed by atoms with Crippen molar-refractivity contribution in [3.63, 3.8) is 0 Å². The molecule has 1 fully saturated rings. The zero-order valence-electron chi connectivity index (χ0n) is 11.9. The van der Waals surface area contributed by atoms with Gasteiger partial charge < -0.3 is 4.74 Å². The molecule has 21 heavy (non-hydrogen) atoms. The highest BCUT2D eigenvalue weighted by Gasteiger charge is 2.37. The second-order valence-corrected chi connectivity index (χ2v) is 5.33. The first-order chi connectivity index (χ1) is 9.95. The highest BCUT2D eigenvalue weighted by molar-refractivity contribution is 5.29. The Kier molecular flexibility index (Phi) is 5.18. The lowest BCUT2D eigenvalue weighted by Crippen LogP contribution is -2.37. The van der Waals surface area contributed by atoms with Crippen molar-refractivity contribution in [1.82, 2.24) is 10.4 Å². The molecule has 4 nitrogen and oxygen atoms in total. The number of alkyl halides is 3. The van der Waals surface area contributed by atoms with Crippen molar-refractivity contribution < 1.29 is 17.9 Å². The van der Waals surface area contributed by atoms with Crippen molar-refractivity contribution in [2.75, 3.05) is 6.61 Å². The van der Waals surface area contributed by atoms with Gasteiger partial charge in [0, 0.05) is 30.6 Å². The number of pyridine rings is 1. The van der Waals surface area contributed by atoms with Gasteiger partial charge in [0.1, 0.15) is 0 Å². The number of nitrogens with two attached hydrogens (primary N) is 1. The molecular weight excluding hydrogens is 283 g/mol. The summed E-state index contributed by atoms with van der Waals surface area (Å²) in [5.41, 5.74) is 1.92. The molecule has 0 aromatic carbocycles. The third-order valence-electron chi connectivity index (χ3n) is 3.90. The monoisotopic (exact) mass is 303 g/mol. The summed E-state index contributed by atoms with van der Waals surface area (Å²) in [6, 6.07) is 0.437. The maximum atomic E-state index is 13.0. The summed E-state index contributed by atoms with van der Waals surface area (Å²) >= 11 is 0. The summed E-state index contributed by atoms with van der Waals surface area (Å²) < 4.78 is 44.5. The molecule has 0 amide bonds. The van der Waals surface area contributed by atoms with Crippen LogP contribution >= 0.6 is 0 Å². The Morgan fingerprint density at radius 1 is 1.48 bits per heavy atom. The van der Waals surface area contributed by atoms with Gasteiger partial charge >= 0.3 is 6.18 Å². The van der Waals surface area contributed by atoms with Gasteiger partial charge in [-0.2, -0.15) is 13.2 Å². The van der Waals surface area contributed by atoms with Gasteiger partial charge in [-0.05, 0) is 38.2 Å². The second-order valence-electron chi connectivity index (χ2n) is 5.33. The van der Waals surface area contributed by atoms with E-state index >= 15 is 0 Å². The van der Waals surface area contributed by atoms with Crippen LogP contribution in [-0.4, -0.2) is 17.7 Å². The normalized spacial score (nSPS) is 23.7. The van der Waals surface area contributed by atoms with Crippen LogP contribution in [0, 0.1) is 5.92 Å². The van der Waals surface area contributed by atoms with Crippen LogP contribution in [0.2, 0.25) is 0 Å². The number of hydrazine groups is 1. The van der Waals surface area contributed by atoms with E-state index < -0.39 is 17.8 Å². The first kappa shape index (κ1) is 16.2. The van der Waals surface area contributed by atoms with Gasteiger partial charge in [0.25, 0.3) is 0 Å². The molecule has 1 heterocycles. The molecule has 1 saturated carbocycles. The minimum atomic E-state index is -4.40. The van der Waals surface area contributed by atoms with Crippen LogP contribution in [0.4, 0.5) is 13.2 Å². The van der Waals surface area contributed by atoms with E-state index in [4.69, 9.17) is 10.6 Å². The van der Waals surface area contributed by atoms with Gasteiger partial charge in [0.15, 0.2) is 0 Å². The van der Waals surface area contributed by atoms with Crippen LogP contribution in [0.5, 0.6) is 0 Å². The van der Waals surface area contributed by atoms with E-state index in [1.165, 1.54) is 6.20 Å². The predicted molar refractivity (Wildman–Crippen MR) is 72.1 cm³/mol. The highest BCUT2D eigenvalue weighted by Crippen LogP contribution is 2.40. The maximum absolute atomic E-state index is 13.0. The van der Waals surface area contributed by atoms with E-state index in [1.807, 2.05) is 6.92 Å². The molecule has 3 N–H and O–H groups in total. The fourth-order valence-corrected chi connectivity index (χ4v) is 2.80. The molecule has 0 spiro atoms. The Labute approximate surface area is 121 Å². The molecule has 1 aliphatic rings. The van der Waals surface area contributed by atoms with E-state index in [1.54, 1.807) is 0 Å². The summed E-state index contributed by atoms with van der Waals surface area (Å²) in [6.45, 7) is 2.60. The fraction of sp³-hybridized carbons (Fsp3) is 0.643.